The van der Waals surface area contributed by atoms with Crippen LogP contribution in [-0.2, 0) is 4.79 Å². The largest absolute Gasteiger partial charge is 0.399 e. The second kappa shape index (κ2) is 2.29. The van der Waals surface area contributed by atoms with Crippen molar-refractivity contribution in [1.29, 1.82) is 0 Å². The lowest BCUT2D eigenvalue weighted by Crippen LogP contribution is -2.20. The molecule has 3 heteroatoms. The summed E-state index contributed by atoms with van der Waals surface area (Å²) in [6.45, 7) is 1.98. The van der Waals surface area contributed by atoms with Gasteiger partial charge in [-0.05, 0) is 42.5 Å². The van der Waals surface area contributed by atoms with Crippen molar-refractivity contribution in [1.82, 2.24) is 0 Å². The third-order valence-corrected chi connectivity index (χ3v) is 3.16. The van der Waals surface area contributed by atoms with Crippen LogP contribution in [0.1, 0.15) is 23.5 Å². The van der Waals surface area contributed by atoms with Crippen LogP contribution in [0.3, 0.4) is 0 Å². The fourth-order valence-corrected chi connectivity index (χ4v) is 2.35. The molecule has 72 valence electrons. The quantitative estimate of drug-likeness (QED) is 0.608. The first-order valence-corrected chi connectivity index (χ1v) is 4.87. The maximum absolute atomic E-state index is 11.5. The van der Waals surface area contributed by atoms with Crippen molar-refractivity contribution in [3.8, 4) is 0 Å². The highest BCUT2D eigenvalue weighted by atomic mass is 16.2. The van der Waals surface area contributed by atoms with E-state index in [1.165, 1.54) is 5.56 Å². The fourth-order valence-electron chi connectivity index (χ4n) is 2.35. The molecule has 1 aromatic rings. The van der Waals surface area contributed by atoms with Crippen molar-refractivity contribution in [2.24, 2.45) is 5.92 Å². The van der Waals surface area contributed by atoms with Crippen LogP contribution in [0, 0.1) is 12.8 Å². The van der Waals surface area contributed by atoms with Crippen molar-refractivity contribution < 1.29 is 4.79 Å². The summed E-state index contributed by atoms with van der Waals surface area (Å²) < 4.78 is 0. The van der Waals surface area contributed by atoms with E-state index in [0.717, 1.165) is 23.4 Å². The highest BCUT2D eigenvalue weighted by Gasteiger charge is 2.48. The van der Waals surface area contributed by atoms with Gasteiger partial charge in [-0.2, -0.15) is 0 Å². The summed E-state index contributed by atoms with van der Waals surface area (Å²) in [5.41, 5.74) is 9.87. The zero-order valence-electron chi connectivity index (χ0n) is 8.00. The molecule has 0 radical (unpaired) electrons. The van der Waals surface area contributed by atoms with Gasteiger partial charge in [0.2, 0.25) is 5.91 Å². The molecule has 0 aromatic heterocycles. The number of amides is 1. The SMILES string of the molecule is Cc1cc(N)cc2c1NC(=O)C1CC21. The lowest BCUT2D eigenvalue weighted by Gasteiger charge is -2.19. The Labute approximate surface area is 82.3 Å². The van der Waals surface area contributed by atoms with E-state index in [4.69, 9.17) is 5.73 Å². The molecule has 0 spiro atoms. The van der Waals surface area contributed by atoms with Gasteiger partial charge in [-0.1, -0.05) is 0 Å². The number of rotatable bonds is 0. The van der Waals surface area contributed by atoms with Crippen LogP contribution >= 0.6 is 0 Å². The van der Waals surface area contributed by atoms with Crippen molar-refractivity contribution in [3.63, 3.8) is 0 Å². The highest BCUT2D eigenvalue weighted by Crippen LogP contribution is 2.54. The lowest BCUT2D eigenvalue weighted by atomic mass is 9.98. The Hall–Kier alpha value is -1.51. The van der Waals surface area contributed by atoms with Gasteiger partial charge in [0, 0.05) is 17.3 Å². The maximum atomic E-state index is 11.5. The normalized spacial score (nSPS) is 27.6. The predicted octanol–water partition coefficient (Wildman–Crippen LogP) is 1.63. The van der Waals surface area contributed by atoms with Gasteiger partial charge in [0.1, 0.15) is 0 Å². The molecule has 3 rings (SSSR count). The van der Waals surface area contributed by atoms with E-state index in [0.29, 0.717) is 5.92 Å². The molecule has 2 unspecified atom stereocenters. The minimum Gasteiger partial charge on any atom is -0.399 e. The molecule has 1 amide bonds. The van der Waals surface area contributed by atoms with E-state index in [1.54, 1.807) is 0 Å². The zero-order valence-corrected chi connectivity index (χ0v) is 8.00. The molecule has 1 aliphatic carbocycles. The molecule has 1 aromatic carbocycles. The van der Waals surface area contributed by atoms with Crippen LogP contribution in [-0.4, -0.2) is 5.91 Å². The molecule has 3 N–H and O–H groups in total. The van der Waals surface area contributed by atoms with E-state index in [2.05, 4.69) is 5.32 Å². The molecule has 3 nitrogen and oxygen atoms in total. The van der Waals surface area contributed by atoms with Crippen LogP contribution < -0.4 is 11.1 Å². The van der Waals surface area contributed by atoms with E-state index in [9.17, 15) is 4.79 Å². The average Bonchev–Trinajstić information content (AvgIpc) is 2.87. The molecule has 1 aliphatic heterocycles. The summed E-state index contributed by atoms with van der Waals surface area (Å²) >= 11 is 0. The summed E-state index contributed by atoms with van der Waals surface area (Å²) in [6.07, 6.45) is 0.988. The molecular formula is C11H12N2O. The summed E-state index contributed by atoms with van der Waals surface area (Å²) in [5, 5.41) is 2.95. The summed E-state index contributed by atoms with van der Waals surface area (Å²) in [7, 11) is 0. The number of carbonyl (C=O) groups excluding carboxylic acids is 1. The van der Waals surface area contributed by atoms with Gasteiger partial charge in [0.05, 0.1) is 0 Å². The number of hydrogen-bond donors (Lipinski definition) is 2. The lowest BCUT2D eigenvalue weighted by molar-refractivity contribution is -0.117. The Kier molecular flexibility index (Phi) is 1.29. The number of fused-ring (bicyclic) bond motifs is 3. The van der Waals surface area contributed by atoms with Crippen LogP contribution in [0.25, 0.3) is 0 Å². The van der Waals surface area contributed by atoms with Gasteiger partial charge >= 0.3 is 0 Å². The molecule has 1 fully saturated rings. The number of aryl methyl sites for hydroxylation is 1. The third kappa shape index (κ3) is 0.895. The molecular weight excluding hydrogens is 176 g/mol. The Morgan fingerprint density at radius 2 is 2.21 bits per heavy atom. The monoisotopic (exact) mass is 188 g/mol. The van der Waals surface area contributed by atoms with Crippen LogP contribution in [0.5, 0.6) is 0 Å². The van der Waals surface area contributed by atoms with Gasteiger partial charge in [-0.3, -0.25) is 4.79 Å². The van der Waals surface area contributed by atoms with Gasteiger partial charge in [-0.15, -0.1) is 0 Å². The zero-order chi connectivity index (χ0) is 9.87. The number of benzene rings is 1. The van der Waals surface area contributed by atoms with Crippen molar-refractivity contribution >= 4 is 17.3 Å². The Balaban J connectivity index is 2.20. The Morgan fingerprint density at radius 1 is 1.43 bits per heavy atom. The van der Waals surface area contributed by atoms with Crippen molar-refractivity contribution in [2.75, 3.05) is 11.1 Å². The topological polar surface area (TPSA) is 55.1 Å². The number of anilines is 2. The number of nitrogens with two attached hydrogens (primary N) is 1. The van der Waals surface area contributed by atoms with E-state index < -0.39 is 0 Å². The second-order valence-electron chi connectivity index (χ2n) is 4.24. The number of nitrogens with one attached hydrogen (secondary N) is 1. The van der Waals surface area contributed by atoms with E-state index in [1.807, 2.05) is 19.1 Å². The Morgan fingerprint density at radius 3 is 3.00 bits per heavy atom. The first kappa shape index (κ1) is 7.85. The summed E-state index contributed by atoms with van der Waals surface area (Å²) in [4.78, 5) is 11.5. The fraction of sp³-hybridized carbons (Fsp3) is 0.364. The molecule has 1 saturated carbocycles. The van der Waals surface area contributed by atoms with Crippen LogP contribution in [0.4, 0.5) is 11.4 Å². The second-order valence-corrected chi connectivity index (χ2v) is 4.24. The van der Waals surface area contributed by atoms with Gasteiger partial charge in [0.25, 0.3) is 0 Å². The molecule has 0 bridgehead atoms. The average molecular weight is 188 g/mol. The molecule has 2 atom stereocenters. The van der Waals surface area contributed by atoms with Crippen molar-refractivity contribution in [2.45, 2.75) is 19.3 Å². The number of nitrogen functional groups attached to an aromatic ring is 1. The van der Waals surface area contributed by atoms with Gasteiger partial charge in [0.15, 0.2) is 0 Å². The third-order valence-electron chi connectivity index (χ3n) is 3.16. The van der Waals surface area contributed by atoms with Crippen molar-refractivity contribution in [3.05, 3.63) is 23.3 Å². The molecule has 14 heavy (non-hydrogen) atoms. The first-order valence-electron chi connectivity index (χ1n) is 4.87. The molecule has 2 aliphatic rings. The van der Waals surface area contributed by atoms with Crippen LogP contribution in [0.2, 0.25) is 0 Å². The number of hydrogen-bond acceptors (Lipinski definition) is 2. The standard InChI is InChI=1S/C11H12N2O/c1-5-2-6(12)3-8-7-4-9(7)11(14)13-10(5)8/h2-3,7,9H,4,12H2,1H3,(H,13,14). The van der Waals surface area contributed by atoms with E-state index >= 15 is 0 Å². The minimum atomic E-state index is 0.176. The summed E-state index contributed by atoms with van der Waals surface area (Å²) in [6, 6.07) is 3.90. The van der Waals surface area contributed by atoms with E-state index in [-0.39, 0.29) is 11.8 Å². The minimum absolute atomic E-state index is 0.176. The number of carbonyl (C=O) groups is 1. The van der Waals surface area contributed by atoms with Crippen LogP contribution in [0.15, 0.2) is 12.1 Å². The predicted molar refractivity (Wildman–Crippen MR) is 55.1 cm³/mol. The smallest absolute Gasteiger partial charge is 0.228 e. The molecule has 1 heterocycles. The first-order chi connectivity index (χ1) is 6.66. The van der Waals surface area contributed by atoms with Gasteiger partial charge in [-0.25, -0.2) is 0 Å². The molecule has 0 saturated heterocycles. The summed E-state index contributed by atoms with van der Waals surface area (Å²) in [5.74, 6) is 0.819. The Bertz CT molecular complexity index is 439. The van der Waals surface area contributed by atoms with Gasteiger partial charge < -0.3 is 11.1 Å². The highest BCUT2D eigenvalue weighted by molar-refractivity contribution is 6.00. The maximum Gasteiger partial charge on any atom is 0.228 e.